The molecule has 2 amide bonds. The highest BCUT2D eigenvalue weighted by Crippen LogP contribution is 2.18. The summed E-state index contributed by atoms with van der Waals surface area (Å²) < 4.78 is 0. The zero-order valence-corrected chi connectivity index (χ0v) is 16.0. The SMILES string of the molecule is NCc1cccc(NC(=O)[C@H](NC(=O)c2cccc(CN)c2)c2ccccc2)c1. The number of carbonyl (C=O) groups excluding carboxylic acids is 2. The van der Waals surface area contributed by atoms with Crippen molar-refractivity contribution in [2.24, 2.45) is 11.5 Å². The van der Waals surface area contributed by atoms with Crippen molar-refractivity contribution in [2.75, 3.05) is 5.32 Å². The molecule has 0 radical (unpaired) electrons. The van der Waals surface area contributed by atoms with Crippen LogP contribution in [0.5, 0.6) is 0 Å². The largest absolute Gasteiger partial charge is 0.336 e. The van der Waals surface area contributed by atoms with Gasteiger partial charge < -0.3 is 22.1 Å². The van der Waals surface area contributed by atoms with Gasteiger partial charge in [-0.15, -0.1) is 0 Å². The molecule has 3 aromatic carbocycles. The van der Waals surface area contributed by atoms with Crippen LogP contribution < -0.4 is 22.1 Å². The summed E-state index contributed by atoms with van der Waals surface area (Å²) in [5.74, 6) is -0.686. The highest BCUT2D eigenvalue weighted by atomic mass is 16.2. The maximum atomic E-state index is 13.0. The van der Waals surface area contributed by atoms with Gasteiger partial charge in [0.05, 0.1) is 0 Å². The molecule has 0 unspecified atom stereocenters. The highest BCUT2D eigenvalue weighted by Gasteiger charge is 2.23. The van der Waals surface area contributed by atoms with E-state index in [1.54, 1.807) is 36.4 Å². The molecule has 0 fully saturated rings. The molecule has 6 nitrogen and oxygen atoms in total. The number of amides is 2. The number of hydrogen-bond donors (Lipinski definition) is 4. The van der Waals surface area contributed by atoms with Gasteiger partial charge >= 0.3 is 0 Å². The first-order chi connectivity index (χ1) is 14.1. The Kier molecular flexibility index (Phi) is 6.73. The van der Waals surface area contributed by atoms with E-state index >= 15 is 0 Å². The summed E-state index contributed by atoms with van der Waals surface area (Å²) in [6.45, 7) is 0.710. The number of nitrogens with one attached hydrogen (secondary N) is 2. The van der Waals surface area contributed by atoms with Crippen molar-refractivity contribution in [1.29, 1.82) is 0 Å². The van der Waals surface area contributed by atoms with E-state index < -0.39 is 6.04 Å². The summed E-state index contributed by atoms with van der Waals surface area (Å²) in [5.41, 5.74) is 14.8. The van der Waals surface area contributed by atoms with E-state index in [4.69, 9.17) is 11.5 Å². The van der Waals surface area contributed by atoms with Crippen molar-refractivity contribution in [3.63, 3.8) is 0 Å². The number of carbonyl (C=O) groups is 2. The van der Waals surface area contributed by atoms with E-state index in [0.717, 1.165) is 11.1 Å². The number of rotatable bonds is 7. The zero-order valence-electron chi connectivity index (χ0n) is 16.0. The van der Waals surface area contributed by atoms with Crippen LogP contribution in [0.2, 0.25) is 0 Å². The first-order valence-electron chi connectivity index (χ1n) is 9.35. The molecule has 0 aliphatic rings. The van der Waals surface area contributed by atoms with Crippen LogP contribution in [0, 0.1) is 0 Å². The second kappa shape index (κ2) is 9.64. The first-order valence-corrected chi connectivity index (χ1v) is 9.35. The third-order valence-corrected chi connectivity index (χ3v) is 4.53. The summed E-state index contributed by atoms with van der Waals surface area (Å²) in [5, 5.41) is 5.70. The molecule has 29 heavy (non-hydrogen) atoms. The molecule has 0 saturated carbocycles. The van der Waals surface area contributed by atoms with Gasteiger partial charge in [0.1, 0.15) is 6.04 Å². The van der Waals surface area contributed by atoms with Crippen LogP contribution in [-0.4, -0.2) is 11.8 Å². The van der Waals surface area contributed by atoms with Crippen LogP contribution in [0.25, 0.3) is 0 Å². The Hall–Kier alpha value is -3.48. The molecule has 0 aliphatic heterocycles. The van der Waals surface area contributed by atoms with Crippen LogP contribution in [0.3, 0.4) is 0 Å². The molecule has 148 valence electrons. The fourth-order valence-electron chi connectivity index (χ4n) is 2.99. The number of benzene rings is 3. The van der Waals surface area contributed by atoms with Gasteiger partial charge in [0, 0.05) is 24.3 Å². The minimum Gasteiger partial charge on any atom is -0.336 e. The summed E-state index contributed by atoms with van der Waals surface area (Å²) in [7, 11) is 0. The maximum absolute atomic E-state index is 13.0. The maximum Gasteiger partial charge on any atom is 0.252 e. The number of anilines is 1. The van der Waals surface area contributed by atoms with Crippen molar-refractivity contribution in [3.05, 3.63) is 101 Å². The summed E-state index contributed by atoms with van der Waals surface area (Å²) in [6, 6.07) is 22.6. The van der Waals surface area contributed by atoms with E-state index in [-0.39, 0.29) is 11.8 Å². The molecule has 6 heteroatoms. The third kappa shape index (κ3) is 5.28. The molecule has 0 aliphatic carbocycles. The molecule has 0 bridgehead atoms. The van der Waals surface area contributed by atoms with Gasteiger partial charge in [0.25, 0.3) is 11.8 Å². The monoisotopic (exact) mass is 388 g/mol. The van der Waals surface area contributed by atoms with Gasteiger partial charge in [-0.25, -0.2) is 0 Å². The van der Waals surface area contributed by atoms with Crippen LogP contribution in [0.1, 0.15) is 33.1 Å². The molecule has 3 aromatic rings. The lowest BCUT2D eigenvalue weighted by Crippen LogP contribution is -2.37. The van der Waals surface area contributed by atoms with Crippen molar-refractivity contribution in [3.8, 4) is 0 Å². The second-order valence-electron chi connectivity index (χ2n) is 6.62. The lowest BCUT2D eigenvalue weighted by atomic mass is 10.0. The third-order valence-electron chi connectivity index (χ3n) is 4.53. The van der Waals surface area contributed by atoms with E-state index in [1.807, 2.05) is 42.5 Å². The molecule has 3 rings (SSSR count). The summed E-state index contributed by atoms with van der Waals surface area (Å²) in [4.78, 5) is 25.8. The Bertz CT molecular complexity index is 989. The van der Waals surface area contributed by atoms with Gasteiger partial charge in [-0.2, -0.15) is 0 Å². The number of hydrogen-bond acceptors (Lipinski definition) is 4. The lowest BCUT2D eigenvalue weighted by Gasteiger charge is -2.19. The lowest BCUT2D eigenvalue weighted by molar-refractivity contribution is -0.118. The standard InChI is InChI=1S/C23H24N4O2/c24-14-16-6-4-10-19(12-16)22(28)27-21(18-8-2-1-3-9-18)23(29)26-20-11-5-7-17(13-20)15-25/h1-13,21H,14-15,24-25H2,(H,26,29)(H,27,28)/t21-/m1/s1. The molecule has 6 N–H and O–H groups in total. The highest BCUT2D eigenvalue weighted by molar-refractivity contribution is 6.01. The van der Waals surface area contributed by atoms with Gasteiger partial charge in [-0.3, -0.25) is 9.59 Å². The van der Waals surface area contributed by atoms with Gasteiger partial charge in [-0.05, 0) is 41.0 Å². The van der Waals surface area contributed by atoms with Crippen LogP contribution >= 0.6 is 0 Å². The van der Waals surface area contributed by atoms with E-state index in [9.17, 15) is 9.59 Å². The fourth-order valence-corrected chi connectivity index (χ4v) is 2.99. The Morgan fingerprint density at radius 3 is 2.14 bits per heavy atom. The van der Waals surface area contributed by atoms with Gasteiger partial charge in [-0.1, -0.05) is 54.6 Å². The second-order valence-corrected chi connectivity index (χ2v) is 6.62. The van der Waals surface area contributed by atoms with Crippen molar-refractivity contribution >= 4 is 17.5 Å². The molecule has 0 aromatic heterocycles. The topological polar surface area (TPSA) is 110 Å². The molecular weight excluding hydrogens is 364 g/mol. The minimum atomic E-state index is -0.855. The average Bonchev–Trinajstić information content (AvgIpc) is 2.78. The van der Waals surface area contributed by atoms with Crippen LogP contribution in [0.4, 0.5) is 5.69 Å². The van der Waals surface area contributed by atoms with Crippen LogP contribution in [0.15, 0.2) is 78.9 Å². The van der Waals surface area contributed by atoms with E-state index in [2.05, 4.69) is 10.6 Å². The quantitative estimate of drug-likeness (QED) is 0.499. The average molecular weight is 388 g/mol. The van der Waals surface area contributed by atoms with Gasteiger partial charge in [0.15, 0.2) is 0 Å². The van der Waals surface area contributed by atoms with Gasteiger partial charge in [0.2, 0.25) is 0 Å². The molecular formula is C23H24N4O2. The molecule has 0 saturated heterocycles. The van der Waals surface area contributed by atoms with E-state index in [0.29, 0.717) is 29.9 Å². The van der Waals surface area contributed by atoms with Crippen LogP contribution in [-0.2, 0) is 17.9 Å². The molecule has 0 spiro atoms. The first kappa shape index (κ1) is 20.3. The zero-order chi connectivity index (χ0) is 20.6. The van der Waals surface area contributed by atoms with Crippen molar-refractivity contribution in [1.82, 2.24) is 5.32 Å². The molecule has 0 heterocycles. The number of nitrogens with two attached hydrogens (primary N) is 2. The van der Waals surface area contributed by atoms with E-state index in [1.165, 1.54) is 0 Å². The summed E-state index contributed by atoms with van der Waals surface area (Å²) >= 11 is 0. The summed E-state index contributed by atoms with van der Waals surface area (Å²) in [6.07, 6.45) is 0. The molecule has 1 atom stereocenters. The van der Waals surface area contributed by atoms with Crippen molar-refractivity contribution < 1.29 is 9.59 Å². The predicted molar refractivity (Wildman–Crippen MR) is 114 cm³/mol. The normalized spacial score (nSPS) is 11.5. The Labute approximate surface area is 169 Å². The Morgan fingerprint density at radius 2 is 1.45 bits per heavy atom. The predicted octanol–water partition coefficient (Wildman–Crippen LogP) is 2.71. The fraction of sp³-hybridized carbons (Fsp3) is 0.130. The minimum absolute atomic E-state index is 0.335. The van der Waals surface area contributed by atoms with Crippen molar-refractivity contribution in [2.45, 2.75) is 19.1 Å². The Morgan fingerprint density at radius 1 is 0.793 bits per heavy atom. The Balaban J connectivity index is 1.84. The smallest absolute Gasteiger partial charge is 0.252 e.